The predicted octanol–water partition coefficient (Wildman–Crippen LogP) is 2.22. The zero-order valence-corrected chi connectivity index (χ0v) is 10.7. The molecule has 0 aliphatic rings. The fourth-order valence-electron chi connectivity index (χ4n) is 1.45. The number of nitrogens with zero attached hydrogens (tertiary/aromatic N) is 1. The molecule has 2 rings (SSSR count). The maximum Gasteiger partial charge on any atom is 0.175 e. The Morgan fingerprint density at radius 2 is 1.94 bits per heavy atom. The first-order valence-electron chi connectivity index (χ1n) is 4.91. The Labute approximate surface area is 105 Å². The van der Waals surface area contributed by atoms with Gasteiger partial charge in [-0.05, 0) is 18.2 Å². The number of benzene rings is 1. The molecule has 0 radical (unpaired) electrons. The largest absolute Gasteiger partial charge is 0.281 e. The van der Waals surface area contributed by atoms with E-state index in [9.17, 15) is 8.42 Å². The van der Waals surface area contributed by atoms with E-state index >= 15 is 0 Å². The summed E-state index contributed by atoms with van der Waals surface area (Å²) in [7, 11) is -3.15. The Morgan fingerprint density at radius 3 is 2.41 bits per heavy atom. The molecular weight excluding hydrogens is 260 g/mol. The summed E-state index contributed by atoms with van der Waals surface area (Å²) >= 11 is 5.66. The third-order valence-corrected chi connectivity index (χ3v) is 3.77. The van der Waals surface area contributed by atoms with Crippen LogP contribution in [0.5, 0.6) is 0 Å². The van der Waals surface area contributed by atoms with Crippen LogP contribution >= 0.6 is 11.6 Å². The second kappa shape index (κ2) is 4.50. The average Bonchev–Trinajstić information content (AvgIpc) is 2.76. The number of hydrogen-bond donors (Lipinski definition) is 1. The molecule has 0 saturated heterocycles. The molecule has 2 aromatic rings. The topological polar surface area (TPSA) is 62.8 Å². The van der Waals surface area contributed by atoms with Crippen molar-refractivity contribution in [3.05, 3.63) is 36.0 Å². The van der Waals surface area contributed by atoms with Crippen LogP contribution in [0.25, 0.3) is 11.3 Å². The van der Waals surface area contributed by atoms with Crippen molar-refractivity contribution in [3.63, 3.8) is 0 Å². The molecule has 0 aliphatic carbocycles. The minimum Gasteiger partial charge on any atom is -0.281 e. The Hall–Kier alpha value is -1.33. The van der Waals surface area contributed by atoms with Gasteiger partial charge in [0.05, 0.1) is 22.2 Å². The number of sulfone groups is 1. The van der Waals surface area contributed by atoms with Crippen LogP contribution in [0, 0.1) is 0 Å². The molecule has 0 aliphatic heterocycles. The normalized spacial score (nSPS) is 11.6. The number of alkyl halides is 1. The Morgan fingerprint density at radius 1 is 1.29 bits per heavy atom. The van der Waals surface area contributed by atoms with Gasteiger partial charge in [0, 0.05) is 11.8 Å². The summed E-state index contributed by atoms with van der Waals surface area (Å²) in [6, 6.07) is 8.43. The highest BCUT2D eigenvalue weighted by Gasteiger charge is 2.08. The first-order chi connectivity index (χ1) is 8.00. The standard InChI is InChI=1S/C11H11ClN2O2S/c1-17(15,16)10-4-2-8(3-5-10)11-6-9(7-12)13-14-11/h2-6H,7H2,1H3,(H,13,14). The second-order valence-corrected chi connectivity index (χ2v) is 5.99. The van der Waals surface area contributed by atoms with Crippen LogP contribution in [0.4, 0.5) is 0 Å². The Balaban J connectivity index is 2.35. The minimum absolute atomic E-state index is 0.300. The van der Waals surface area contributed by atoms with Crippen molar-refractivity contribution < 1.29 is 8.42 Å². The molecule has 90 valence electrons. The Kier molecular flexibility index (Phi) is 3.22. The van der Waals surface area contributed by atoms with E-state index in [4.69, 9.17) is 11.6 Å². The van der Waals surface area contributed by atoms with Crippen LogP contribution in [0.1, 0.15) is 5.69 Å². The molecule has 17 heavy (non-hydrogen) atoms. The highest BCUT2D eigenvalue weighted by molar-refractivity contribution is 7.90. The molecule has 1 N–H and O–H groups in total. The number of aromatic nitrogens is 2. The van der Waals surface area contributed by atoms with Gasteiger partial charge in [0.2, 0.25) is 0 Å². The van der Waals surface area contributed by atoms with Gasteiger partial charge < -0.3 is 0 Å². The van der Waals surface area contributed by atoms with E-state index in [1.54, 1.807) is 24.3 Å². The van der Waals surface area contributed by atoms with Crippen LogP contribution in [-0.4, -0.2) is 24.9 Å². The van der Waals surface area contributed by atoms with Crippen LogP contribution in [0.15, 0.2) is 35.2 Å². The van der Waals surface area contributed by atoms with Crippen LogP contribution in [0.2, 0.25) is 0 Å². The second-order valence-electron chi connectivity index (χ2n) is 3.71. The molecule has 1 heterocycles. The van der Waals surface area contributed by atoms with E-state index in [0.717, 1.165) is 17.0 Å². The van der Waals surface area contributed by atoms with Gasteiger partial charge in [0.15, 0.2) is 9.84 Å². The number of nitrogens with one attached hydrogen (secondary N) is 1. The van der Waals surface area contributed by atoms with Gasteiger partial charge in [0.25, 0.3) is 0 Å². The van der Waals surface area contributed by atoms with E-state index in [1.807, 2.05) is 6.07 Å². The molecule has 0 unspecified atom stereocenters. The third kappa shape index (κ3) is 2.68. The van der Waals surface area contributed by atoms with Crippen molar-refractivity contribution in [2.45, 2.75) is 10.8 Å². The molecule has 0 bridgehead atoms. The van der Waals surface area contributed by atoms with E-state index in [1.165, 1.54) is 6.26 Å². The average molecular weight is 271 g/mol. The first kappa shape index (κ1) is 12.1. The van der Waals surface area contributed by atoms with E-state index < -0.39 is 9.84 Å². The molecular formula is C11H11ClN2O2S. The van der Waals surface area contributed by atoms with E-state index in [0.29, 0.717) is 10.8 Å². The molecule has 1 aromatic heterocycles. The molecule has 0 fully saturated rings. The van der Waals surface area contributed by atoms with Crippen molar-refractivity contribution >= 4 is 21.4 Å². The number of H-pyrrole nitrogens is 1. The summed E-state index contributed by atoms with van der Waals surface area (Å²) in [5, 5.41) is 6.89. The first-order valence-corrected chi connectivity index (χ1v) is 7.34. The summed E-state index contributed by atoms with van der Waals surface area (Å²) in [4.78, 5) is 0.300. The molecule has 4 nitrogen and oxygen atoms in total. The van der Waals surface area contributed by atoms with Crippen molar-refractivity contribution in [1.29, 1.82) is 0 Å². The molecule has 0 atom stereocenters. The lowest BCUT2D eigenvalue weighted by Gasteiger charge is -1.99. The molecule has 0 saturated carbocycles. The quantitative estimate of drug-likeness (QED) is 0.870. The lowest BCUT2D eigenvalue weighted by Crippen LogP contribution is -1.96. The maximum absolute atomic E-state index is 11.3. The van der Waals surface area contributed by atoms with E-state index in [-0.39, 0.29) is 0 Å². The summed E-state index contributed by atoms with van der Waals surface area (Å²) in [6.07, 6.45) is 1.18. The highest BCUT2D eigenvalue weighted by Crippen LogP contribution is 2.20. The zero-order valence-electron chi connectivity index (χ0n) is 9.14. The summed E-state index contributed by atoms with van der Waals surface area (Å²) < 4.78 is 22.6. The summed E-state index contributed by atoms with van der Waals surface area (Å²) in [5.41, 5.74) is 2.43. The van der Waals surface area contributed by atoms with Gasteiger partial charge in [-0.2, -0.15) is 5.10 Å². The molecule has 1 aromatic carbocycles. The van der Waals surface area contributed by atoms with Crippen LogP contribution < -0.4 is 0 Å². The number of rotatable bonds is 3. The van der Waals surface area contributed by atoms with Crippen molar-refractivity contribution in [2.24, 2.45) is 0 Å². The fraction of sp³-hybridized carbons (Fsp3) is 0.182. The van der Waals surface area contributed by atoms with Crippen molar-refractivity contribution in [1.82, 2.24) is 10.2 Å². The highest BCUT2D eigenvalue weighted by atomic mass is 35.5. The number of halogens is 1. The van der Waals surface area contributed by atoms with Gasteiger partial charge in [0.1, 0.15) is 0 Å². The zero-order chi connectivity index (χ0) is 12.5. The number of hydrogen-bond acceptors (Lipinski definition) is 3. The smallest absolute Gasteiger partial charge is 0.175 e. The van der Waals surface area contributed by atoms with Gasteiger partial charge in [-0.25, -0.2) is 8.42 Å². The van der Waals surface area contributed by atoms with Crippen LogP contribution in [-0.2, 0) is 15.7 Å². The lowest BCUT2D eigenvalue weighted by atomic mass is 10.1. The van der Waals surface area contributed by atoms with Gasteiger partial charge in [-0.15, -0.1) is 11.6 Å². The SMILES string of the molecule is CS(=O)(=O)c1ccc(-c2cc(CCl)[nH]n2)cc1. The van der Waals surface area contributed by atoms with Gasteiger partial charge in [-0.3, -0.25) is 5.10 Å². The minimum atomic E-state index is -3.15. The summed E-state index contributed by atoms with van der Waals surface area (Å²) in [5.74, 6) is 0.369. The van der Waals surface area contributed by atoms with Crippen molar-refractivity contribution in [2.75, 3.05) is 6.26 Å². The molecule has 0 spiro atoms. The van der Waals surface area contributed by atoms with Crippen molar-refractivity contribution in [3.8, 4) is 11.3 Å². The van der Waals surface area contributed by atoms with Crippen LogP contribution in [0.3, 0.4) is 0 Å². The fourth-order valence-corrected chi connectivity index (χ4v) is 2.22. The molecule has 6 heteroatoms. The number of aromatic amines is 1. The molecule has 0 amide bonds. The third-order valence-electron chi connectivity index (χ3n) is 2.35. The summed E-state index contributed by atoms with van der Waals surface area (Å²) in [6.45, 7) is 0. The van der Waals surface area contributed by atoms with E-state index in [2.05, 4.69) is 10.2 Å². The van der Waals surface area contributed by atoms with Gasteiger partial charge >= 0.3 is 0 Å². The maximum atomic E-state index is 11.3. The monoisotopic (exact) mass is 270 g/mol. The van der Waals surface area contributed by atoms with Gasteiger partial charge in [-0.1, -0.05) is 12.1 Å². The predicted molar refractivity (Wildman–Crippen MR) is 66.7 cm³/mol. The lowest BCUT2D eigenvalue weighted by molar-refractivity contribution is 0.602. The Bertz CT molecular complexity index is 617.